The molecule has 4 aromatic carbocycles. The molecule has 0 unspecified atom stereocenters. The van der Waals surface area contributed by atoms with Crippen molar-refractivity contribution < 1.29 is 35.1 Å². The van der Waals surface area contributed by atoms with Gasteiger partial charge in [0.25, 0.3) is 0 Å². The number of hydrogen-bond acceptors (Lipinski definition) is 6. The number of aromatic hydroxyl groups is 4. The van der Waals surface area contributed by atoms with Crippen molar-refractivity contribution >= 4 is 33.3 Å². The third-order valence-corrected chi connectivity index (χ3v) is 4.73. The molecule has 0 heterocycles. The molecule has 0 aliphatic carbocycles. The summed E-state index contributed by atoms with van der Waals surface area (Å²) in [7, 11) is 0. The number of carbonyl (C=O) groups excluding carboxylic acids is 1. The smallest absolute Gasteiger partial charge is 0.340 e. The van der Waals surface area contributed by atoms with Crippen LogP contribution in [0.1, 0.15) is 26.3 Å². The Hall–Kier alpha value is -4.26. The normalized spacial score (nSPS) is 11.0. The number of carboxylic acid groups (broad SMARTS) is 1. The lowest BCUT2D eigenvalue weighted by molar-refractivity contribution is 0.0689. The number of fused-ring (bicyclic) bond motifs is 2. The second kappa shape index (κ2) is 6.42. The number of phenols is 4. The van der Waals surface area contributed by atoms with Crippen LogP contribution in [0.2, 0.25) is 0 Å². The molecule has 29 heavy (non-hydrogen) atoms. The summed E-state index contributed by atoms with van der Waals surface area (Å²) in [6, 6.07) is 12.2. The van der Waals surface area contributed by atoms with Gasteiger partial charge >= 0.3 is 5.97 Å². The van der Waals surface area contributed by atoms with E-state index in [2.05, 4.69) is 0 Å². The lowest BCUT2D eigenvalue weighted by Gasteiger charge is -2.13. The van der Waals surface area contributed by atoms with E-state index in [1.807, 2.05) is 0 Å². The molecule has 0 spiro atoms. The summed E-state index contributed by atoms with van der Waals surface area (Å²) in [5.41, 5.74) is -1.21. The number of carbonyl (C=O) groups is 2. The molecular weight excluding hydrogens is 376 g/mol. The first-order valence-electron chi connectivity index (χ1n) is 8.48. The van der Waals surface area contributed by atoms with Crippen LogP contribution in [0.4, 0.5) is 0 Å². The van der Waals surface area contributed by atoms with E-state index in [0.717, 1.165) is 0 Å². The van der Waals surface area contributed by atoms with Gasteiger partial charge in [-0.15, -0.1) is 0 Å². The van der Waals surface area contributed by atoms with E-state index in [0.29, 0.717) is 16.2 Å². The molecule has 7 nitrogen and oxygen atoms in total. The van der Waals surface area contributed by atoms with Crippen LogP contribution in [0.15, 0.2) is 54.6 Å². The number of ketones is 1. The van der Waals surface area contributed by atoms with Gasteiger partial charge in [0, 0.05) is 5.56 Å². The Balaban J connectivity index is 2.06. The fourth-order valence-electron chi connectivity index (χ4n) is 3.41. The average Bonchev–Trinajstić information content (AvgIpc) is 2.66. The summed E-state index contributed by atoms with van der Waals surface area (Å²) in [6.07, 6.45) is 0. The average molecular weight is 390 g/mol. The minimum Gasteiger partial charge on any atom is -0.508 e. The highest BCUT2D eigenvalue weighted by Crippen LogP contribution is 2.36. The fourth-order valence-corrected chi connectivity index (χ4v) is 3.41. The van der Waals surface area contributed by atoms with Crippen molar-refractivity contribution in [3.63, 3.8) is 0 Å². The van der Waals surface area contributed by atoms with Crippen molar-refractivity contribution in [1.29, 1.82) is 0 Å². The van der Waals surface area contributed by atoms with E-state index in [1.54, 1.807) is 6.07 Å². The number of aromatic carboxylic acids is 1. The molecule has 0 aliphatic heterocycles. The molecule has 0 bridgehead atoms. The highest BCUT2D eigenvalue weighted by Gasteiger charge is 2.27. The summed E-state index contributed by atoms with van der Waals surface area (Å²) in [6.45, 7) is 0. The van der Waals surface area contributed by atoms with Gasteiger partial charge < -0.3 is 25.5 Å². The molecule has 0 fully saturated rings. The third-order valence-electron chi connectivity index (χ3n) is 4.73. The molecule has 0 saturated carbocycles. The van der Waals surface area contributed by atoms with Crippen LogP contribution in [0.3, 0.4) is 0 Å². The Bertz CT molecular complexity index is 1340. The molecule has 4 rings (SSSR count). The fraction of sp³-hybridized carbons (Fsp3) is 0. The molecule has 0 aromatic heterocycles. The van der Waals surface area contributed by atoms with Crippen molar-refractivity contribution in [2.75, 3.05) is 0 Å². The summed E-state index contributed by atoms with van der Waals surface area (Å²) >= 11 is 0. The van der Waals surface area contributed by atoms with E-state index in [4.69, 9.17) is 0 Å². The van der Waals surface area contributed by atoms with Crippen LogP contribution < -0.4 is 0 Å². The third kappa shape index (κ3) is 2.94. The Morgan fingerprint density at radius 1 is 0.621 bits per heavy atom. The first-order valence-corrected chi connectivity index (χ1v) is 8.48. The van der Waals surface area contributed by atoms with Crippen molar-refractivity contribution in [1.82, 2.24) is 0 Å². The summed E-state index contributed by atoms with van der Waals surface area (Å²) in [5, 5.41) is 51.2. The summed E-state index contributed by atoms with van der Waals surface area (Å²) in [4.78, 5) is 25.1. The number of benzene rings is 4. The minimum absolute atomic E-state index is 0.0412. The first-order chi connectivity index (χ1) is 13.8. The van der Waals surface area contributed by atoms with Crippen LogP contribution in [0.5, 0.6) is 23.0 Å². The van der Waals surface area contributed by atoms with Gasteiger partial charge in [-0.3, -0.25) is 4.79 Å². The Kier molecular flexibility index (Phi) is 4.01. The Labute approximate surface area is 163 Å². The van der Waals surface area contributed by atoms with Crippen molar-refractivity contribution in [2.24, 2.45) is 0 Å². The van der Waals surface area contributed by atoms with Crippen LogP contribution >= 0.6 is 0 Å². The van der Waals surface area contributed by atoms with E-state index in [-0.39, 0.29) is 33.8 Å². The van der Waals surface area contributed by atoms with Crippen LogP contribution in [-0.4, -0.2) is 37.3 Å². The maximum atomic E-state index is 13.3. The second-order valence-electron chi connectivity index (χ2n) is 6.59. The van der Waals surface area contributed by atoms with Gasteiger partial charge in [0.15, 0.2) is 5.78 Å². The molecule has 0 radical (unpaired) electrons. The van der Waals surface area contributed by atoms with E-state index < -0.39 is 23.1 Å². The van der Waals surface area contributed by atoms with Crippen LogP contribution in [-0.2, 0) is 0 Å². The van der Waals surface area contributed by atoms with Gasteiger partial charge in [-0.25, -0.2) is 4.79 Å². The van der Waals surface area contributed by atoms with E-state index in [1.165, 1.54) is 48.5 Å². The Morgan fingerprint density at radius 3 is 1.93 bits per heavy atom. The number of carboxylic acids is 1. The molecule has 7 heteroatoms. The lowest BCUT2D eigenvalue weighted by Crippen LogP contribution is -2.11. The van der Waals surface area contributed by atoms with Gasteiger partial charge in [-0.2, -0.15) is 0 Å². The SMILES string of the molecule is O=C(O)c1c(O)cc2ccc(O)cc2c1C(=O)c1cc2cc(O)ccc2cc1O. The highest BCUT2D eigenvalue weighted by molar-refractivity contribution is 6.23. The topological polar surface area (TPSA) is 135 Å². The molecule has 144 valence electrons. The largest absolute Gasteiger partial charge is 0.508 e. The maximum Gasteiger partial charge on any atom is 0.340 e. The number of hydrogen-bond donors (Lipinski definition) is 5. The molecule has 0 saturated heterocycles. The highest BCUT2D eigenvalue weighted by atomic mass is 16.4. The van der Waals surface area contributed by atoms with Gasteiger partial charge in [-0.1, -0.05) is 12.1 Å². The maximum absolute atomic E-state index is 13.3. The van der Waals surface area contributed by atoms with Crippen LogP contribution in [0, 0.1) is 0 Å². The zero-order valence-electron chi connectivity index (χ0n) is 14.7. The van der Waals surface area contributed by atoms with Crippen molar-refractivity contribution in [2.45, 2.75) is 0 Å². The van der Waals surface area contributed by atoms with Gasteiger partial charge in [-0.05, 0) is 64.0 Å². The van der Waals surface area contributed by atoms with Gasteiger partial charge in [0.05, 0.1) is 5.56 Å². The zero-order valence-corrected chi connectivity index (χ0v) is 14.7. The number of phenolic OH excluding ortho intramolecular Hbond substituents is 3. The summed E-state index contributed by atoms with van der Waals surface area (Å²) in [5.74, 6) is -3.62. The molecular formula is C22H14O7. The van der Waals surface area contributed by atoms with E-state index >= 15 is 0 Å². The lowest BCUT2D eigenvalue weighted by atomic mass is 9.90. The van der Waals surface area contributed by atoms with Crippen molar-refractivity contribution in [3.8, 4) is 23.0 Å². The monoisotopic (exact) mass is 390 g/mol. The van der Waals surface area contributed by atoms with Crippen LogP contribution in [0.25, 0.3) is 21.5 Å². The molecule has 0 atom stereocenters. The first kappa shape index (κ1) is 18.1. The minimum atomic E-state index is -1.53. The Morgan fingerprint density at radius 2 is 1.24 bits per heavy atom. The molecule has 0 aliphatic rings. The predicted octanol–water partition coefficient (Wildman–Crippen LogP) is 3.74. The quantitative estimate of drug-likeness (QED) is 0.336. The van der Waals surface area contributed by atoms with Crippen molar-refractivity contribution in [3.05, 3.63) is 71.3 Å². The second-order valence-corrected chi connectivity index (χ2v) is 6.59. The predicted molar refractivity (Wildman–Crippen MR) is 105 cm³/mol. The zero-order chi connectivity index (χ0) is 20.9. The molecule has 0 amide bonds. The standard InChI is InChI=1S/C22H14O7/c23-13-3-1-10-7-17(25)16(6-12(10)5-13)21(27)19-15-9-14(24)4-2-11(15)8-18(26)20(19)22(28)29/h1-9,23-26H,(H,28,29). The van der Waals surface area contributed by atoms with E-state index in [9.17, 15) is 35.1 Å². The van der Waals surface area contributed by atoms with Gasteiger partial charge in [0.2, 0.25) is 0 Å². The summed E-state index contributed by atoms with van der Waals surface area (Å²) < 4.78 is 0. The van der Waals surface area contributed by atoms with Gasteiger partial charge in [0.1, 0.15) is 28.6 Å². The molecule has 4 aromatic rings. The molecule has 5 N–H and O–H groups in total. The number of rotatable bonds is 3.